The Morgan fingerprint density at radius 1 is 1.11 bits per heavy atom. The van der Waals surface area contributed by atoms with Crippen LogP contribution in [0.5, 0.6) is 0 Å². The number of hydrogen-bond donors (Lipinski definition) is 0. The second kappa shape index (κ2) is 6.46. The van der Waals surface area contributed by atoms with Crippen molar-refractivity contribution in [2.75, 3.05) is 0 Å². The molecule has 0 fully saturated rings. The van der Waals surface area contributed by atoms with Crippen LogP contribution in [0.4, 0.5) is 0 Å². The summed E-state index contributed by atoms with van der Waals surface area (Å²) in [6.07, 6.45) is 8.68. The molecule has 1 aromatic rings. The summed E-state index contributed by atoms with van der Waals surface area (Å²) < 4.78 is 1.63. The van der Waals surface area contributed by atoms with Gasteiger partial charge in [-0.15, -0.1) is 24.8 Å². The first kappa shape index (κ1) is 18.7. The van der Waals surface area contributed by atoms with Crippen molar-refractivity contribution in [1.29, 1.82) is 0 Å². The van der Waals surface area contributed by atoms with Crippen LogP contribution in [0.15, 0.2) is 46.6 Å². The van der Waals surface area contributed by atoms with Gasteiger partial charge in [0.25, 0.3) is 0 Å². The van der Waals surface area contributed by atoms with Gasteiger partial charge < -0.3 is 0 Å². The van der Waals surface area contributed by atoms with E-state index in [2.05, 4.69) is 52.4 Å². The molecule has 0 atom stereocenters. The van der Waals surface area contributed by atoms with Crippen LogP contribution in [0.25, 0.3) is 0 Å². The fourth-order valence-corrected chi connectivity index (χ4v) is 5.30. The Labute approximate surface area is 130 Å². The second-order valence-corrected chi connectivity index (χ2v) is 17.2. The number of pyridine rings is 1. The van der Waals surface area contributed by atoms with Gasteiger partial charge in [-0.1, -0.05) is 0 Å². The van der Waals surface area contributed by atoms with Crippen LogP contribution in [-0.2, 0) is 18.4 Å². The maximum absolute atomic E-state index is 4.44. The number of aromatic nitrogens is 1. The Hall–Kier alpha value is -0.258. The molecular weight excluding hydrogens is 317 g/mol. The van der Waals surface area contributed by atoms with Gasteiger partial charge in [0.05, 0.1) is 0 Å². The first-order chi connectivity index (χ1) is 7.83. The number of halogens is 2. The standard InChI is InChI=1S/C11H10N.4CH3.2ClH.Cr/c1-2-6-10(5-1)9-11-7-3-4-8-12-11;;;;;;;/h1-4,7-8H,5,9H2;4*1H3;2*1H;. The van der Waals surface area contributed by atoms with Crippen LogP contribution >= 0.6 is 24.8 Å². The molecule has 0 amide bonds. The quantitative estimate of drug-likeness (QED) is 0.701. The van der Waals surface area contributed by atoms with Crippen molar-refractivity contribution in [3.05, 3.63) is 52.3 Å². The van der Waals surface area contributed by atoms with Gasteiger partial charge in [-0.3, -0.25) is 0 Å². The van der Waals surface area contributed by atoms with Crippen molar-refractivity contribution >= 4 is 24.8 Å². The predicted octanol–water partition coefficient (Wildman–Crippen LogP) is 5.56. The van der Waals surface area contributed by atoms with E-state index in [0.29, 0.717) is 0 Å². The molecule has 109 valence electrons. The molecular formula is C15H24Cl2CrN. The van der Waals surface area contributed by atoms with Gasteiger partial charge in [-0.25, -0.2) is 0 Å². The maximum atomic E-state index is 4.44. The van der Waals surface area contributed by atoms with E-state index in [4.69, 9.17) is 0 Å². The SMILES string of the molecule is Cl.Cl.[CH3][Cr]([CH3])([CH3])([CH3])[C]1=C(Cc2ccccn2)CC=C1. The van der Waals surface area contributed by atoms with Crippen LogP contribution in [0.2, 0.25) is 23.1 Å². The van der Waals surface area contributed by atoms with Crippen molar-refractivity contribution in [2.24, 2.45) is 0 Å². The van der Waals surface area contributed by atoms with E-state index in [9.17, 15) is 0 Å². The van der Waals surface area contributed by atoms with Crippen molar-refractivity contribution < 1.29 is 12.0 Å². The summed E-state index contributed by atoms with van der Waals surface area (Å²) in [5.74, 6) is 9.85. The van der Waals surface area contributed by atoms with E-state index in [1.165, 1.54) is 5.69 Å². The van der Waals surface area contributed by atoms with Crippen molar-refractivity contribution in [1.82, 2.24) is 4.98 Å². The molecule has 0 unspecified atom stereocenters. The molecule has 0 spiro atoms. The molecule has 0 aromatic carbocycles. The number of nitrogens with zero attached hydrogens (tertiary/aromatic N) is 1. The number of hydrogen-bond acceptors (Lipinski definition) is 1. The average Bonchev–Trinajstić information content (AvgIpc) is 2.66. The summed E-state index contributed by atoms with van der Waals surface area (Å²) in [6, 6.07) is 6.18. The summed E-state index contributed by atoms with van der Waals surface area (Å²) in [5.41, 5.74) is 2.77. The zero-order chi connectivity index (χ0) is 12.5. The molecule has 1 heterocycles. The molecule has 4 heteroatoms. The van der Waals surface area contributed by atoms with Gasteiger partial charge in [0.2, 0.25) is 0 Å². The molecule has 19 heavy (non-hydrogen) atoms. The molecule has 0 radical (unpaired) electrons. The summed E-state index contributed by atoms with van der Waals surface area (Å²) in [4.78, 5) is 4.44. The third-order valence-electron chi connectivity index (χ3n) is 2.98. The van der Waals surface area contributed by atoms with Gasteiger partial charge in [0, 0.05) is 0 Å². The Kier molecular flexibility index (Phi) is 6.37. The van der Waals surface area contributed by atoms with E-state index < -0.39 is 12.0 Å². The molecule has 1 nitrogen and oxygen atoms in total. The van der Waals surface area contributed by atoms with Crippen molar-refractivity contribution in [3.8, 4) is 0 Å². The Bertz CT molecular complexity index is 475. The van der Waals surface area contributed by atoms with E-state index in [0.717, 1.165) is 12.8 Å². The van der Waals surface area contributed by atoms with E-state index in [1.54, 1.807) is 10.0 Å². The van der Waals surface area contributed by atoms with E-state index >= 15 is 0 Å². The first-order valence-electron chi connectivity index (χ1n) is 5.95. The minimum atomic E-state index is -2.05. The Morgan fingerprint density at radius 2 is 1.79 bits per heavy atom. The summed E-state index contributed by atoms with van der Waals surface area (Å²) in [5, 5.41) is 0. The zero-order valence-corrected chi connectivity index (χ0v) is 15.0. The van der Waals surface area contributed by atoms with Gasteiger partial charge in [-0.05, 0) is 0 Å². The van der Waals surface area contributed by atoms with Crippen LogP contribution in [0.3, 0.4) is 0 Å². The number of rotatable bonds is 3. The molecule has 0 N–H and O–H groups in total. The third-order valence-corrected chi connectivity index (χ3v) is 6.39. The molecule has 0 saturated carbocycles. The van der Waals surface area contributed by atoms with Crippen molar-refractivity contribution in [3.63, 3.8) is 0 Å². The molecule has 1 aliphatic rings. The first-order valence-corrected chi connectivity index (χ1v) is 11.7. The summed E-state index contributed by atoms with van der Waals surface area (Å²) in [6.45, 7) is 0. The van der Waals surface area contributed by atoms with Crippen LogP contribution < -0.4 is 0 Å². The monoisotopic (exact) mass is 340 g/mol. The van der Waals surface area contributed by atoms with Crippen LogP contribution in [-0.4, -0.2) is 4.98 Å². The van der Waals surface area contributed by atoms with Gasteiger partial charge in [0.15, 0.2) is 0 Å². The predicted molar refractivity (Wildman–Crippen MR) is 86.7 cm³/mol. The topological polar surface area (TPSA) is 12.9 Å². The third kappa shape index (κ3) is 4.97. The Morgan fingerprint density at radius 3 is 2.32 bits per heavy atom. The Balaban J connectivity index is 0.00000162. The van der Waals surface area contributed by atoms with Gasteiger partial charge in [0.1, 0.15) is 0 Å². The average molecular weight is 341 g/mol. The molecule has 1 aromatic heterocycles. The van der Waals surface area contributed by atoms with Gasteiger partial charge in [-0.2, -0.15) is 0 Å². The zero-order valence-electron chi connectivity index (χ0n) is 12.1. The van der Waals surface area contributed by atoms with E-state index in [-0.39, 0.29) is 24.8 Å². The van der Waals surface area contributed by atoms with Gasteiger partial charge >= 0.3 is 105 Å². The van der Waals surface area contributed by atoms with Crippen LogP contribution in [0.1, 0.15) is 12.1 Å². The normalized spacial score (nSPS) is 16.3. The van der Waals surface area contributed by atoms with Crippen molar-refractivity contribution in [2.45, 2.75) is 36.0 Å². The second-order valence-electron chi connectivity index (χ2n) is 6.34. The summed E-state index contributed by atoms with van der Waals surface area (Å²) >= 11 is -2.05. The molecule has 2 rings (SSSR count). The molecule has 0 bridgehead atoms. The fraction of sp³-hybridized carbons (Fsp3) is 0.400. The van der Waals surface area contributed by atoms with E-state index in [1.807, 2.05) is 12.3 Å². The summed E-state index contributed by atoms with van der Waals surface area (Å²) in [7, 11) is 0. The molecule has 0 saturated heterocycles. The molecule has 1 aliphatic carbocycles. The fourth-order valence-electron chi connectivity index (χ4n) is 2.26. The molecule has 0 aliphatic heterocycles. The van der Waals surface area contributed by atoms with Crippen LogP contribution in [0, 0.1) is 0 Å². The number of allylic oxidation sites excluding steroid dienone is 4. The minimum absolute atomic E-state index is 0.